The summed E-state index contributed by atoms with van der Waals surface area (Å²) in [6.07, 6.45) is 5.96. The second-order valence-corrected chi connectivity index (χ2v) is 7.80. The Balaban J connectivity index is 0.000000208. The molecule has 0 aliphatic carbocycles. The van der Waals surface area contributed by atoms with Crippen LogP contribution in [0.4, 0.5) is 0 Å². The first-order valence-electron chi connectivity index (χ1n) is 11.1. The molecule has 0 spiro atoms. The second-order valence-electron chi connectivity index (χ2n) is 7.80. The van der Waals surface area contributed by atoms with Gasteiger partial charge < -0.3 is 25.5 Å². The van der Waals surface area contributed by atoms with Crippen LogP contribution in [-0.4, -0.2) is 37.1 Å². The van der Waals surface area contributed by atoms with Gasteiger partial charge in [-0.2, -0.15) is 0 Å². The Kier molecular flexibility index (Phi) is 8.83. The number of ketones is 2. The summed E-state index contributed by atoms with van der Waals surface area (Å²) in [5.74, 6) is -1.34. The predicted molar refractivity (Wildman–Crippen MR) is 141 cm³/mol. The summed E-state index contributed by atoms with van der Waals surface area (Å²) in [5, 5.41) is 46.3. The summed E-state index contributed by atoms with van der Waals surface area (Å²) in [7, 11) is 0. The molecule has 0 atom stereocenters. The highest BCUT2D eigenvalue weighted by atomic mass is 16.3. The molecule has 7 nitrogen and oxygen atoms in total. The maximum Gasteiger partial charge on any atom is 0.189 e. The van der Waals surface area contributed by atoms with Crippen molar-refractivity contribution in [2.75, 3.05) is 0 Å². The Labute approximate surface area is 213 Å². The van der Waals surface area contributed by atoms with Crippen molar-refractivity contribution in [1.29, 1.82) is 0 Å². The van der Waals surface area contributed by atoms with E-state index in [4.69, 9.17) is 15.3 Å². The van der Waals surface area contributed by atoms with Crippen LogP contribution in [0.1, 0.15) is 31.8 Å². The molecule has 0 radical (unpaired) electrons. The third kappa shape index (κ3) is 7.87. The largest absolute Gasteiger partial charge is 0.508 e. The van der Waals surface area contributed by atoms with Crippen LogP contribution in [0.3, 0.4) is 0 Å². The van der Waals surface area contributed by atoms with Crippen molar-refractivity contribution in [1.82, 2.24) is 0 Å². The summed E-state index contributed by atoms with van der Waals surface area (Å²) < 4.78 is 0. The fourth-order valence-corrected chi connectivity index (χ4v) is 3.09. The van der Waals surface area contributed by atoms with Crippen LogP contribution in [0.15, 0.2) is 103 Å². The van der Waals surface area contributed by atoms with Crippen LogP contribution in [-0.2, 0) is 0 Å². The van der Waals surface area contributed by atoms with Gasteiger partial charge in [-0.3, -0.25) is 9.59 Å². The van der Waals surface area contributed by atoms with Gasteiger partial charge in [0.2, 0.25) is 0 Å². The Bertz CT molecular complexity index is 1440. The molecule has 4 aromatic carbocycles. The predicted octanol–water partition coefficient (Wildman–Crippen LogP) is 5.69. The van der Waals surface area contributed by atoms with Gasteiger partial charge in [0, 0.05) is 11.6 Å². The molecule has 0 saturated heterocycles. The first kappa shape index (κ1) is 26.3. The third-order valence-corrected chi connectivity index (χ3v) is 5.05. The molecular weight excluding hydrogens is 472 g/mol. The van der Waals surface area contributed by atoms with E-state index in [1.165, 1.54) is 60.7 Å². The van der Waals surface area contributed by atoms with E-state index in [-0.39, 0.29) is 40.1 Å². The van der Waals surface area contributed by atoms with Crippen molar-refractivity contribution in [3.8, 4) is 28.7 Å². The zero-order valence-corrected chi connectivity index (χ0v) is 19.5. The maximum absolute atomic E-state index is 11.9. The molecule has 37 heavy (non-hydrogen) atoms. The fraction of sp³-hybridized carbons (Fsp3) is 0. The molecule has 0 unspecified atom stereocenters. The lowest BCUT2D eigenvalue weighted by molar-refractivity contribution is 0.103. The van der Waals surface area contributed by atoms with E-state index in [2.05, 4.69) is 0 Å². The van der Waals surface area contributed by atoms with E-state index >= 15 is 0 Å². The van der Waals surface area contributed by atoms with Gasteiger partial charge in [-0.1, -0.05) is 48.6 Å². The molecule has 7 heteroatoms. The standard InChI is InChI=1S/C15H12O5.C15H12O2/c16-10-3-4-11(14(19)8-10)12(17)5-1-9-2-6-13(18)15(20)7-9;16-14-9-7-13(8-10-14)15(17)11-6-12-4-2-1-3-5-12/h1-8,16,18-20H;1-11,16H/b5-1+;11-6+. The molecule has 0 aromatic heterocycles. The lowest BCUT2D eigenvalue weighted by Gasteiger charge is -2.01. The minimum atomic E-state index is -0.449. The minimum absolute atomic E-state index is 0.0575. The second kappa shape index (κ2) is 12.4. The zero-order chi connectivity index (χ0) is 26.8. The smallest absolute Gasteiger partial charge is 0.189 e. The Morgan fingerprint density at radius 2 is 1.14 bits per heavy atom. The molecule has 0 fully saturated rings. The minimum Gasteiger partial charge on any atom is -0.508 e. The first-order chi connectivity index (χ1) is 17.7. The van der Waals surface area contributed by atoms with Crippen molar-refractivity contribution in [2.45, 2.75) is 0 Å². The number of phenols is 5. The summed E-state index contributed by atoms with van der Waals surface area (Å²) in [4.78, 5) is 23.6. The Morgan fingerprint density at radius 3 is 1.78 bits per heavy atom. The molecular formula is C30H24O7. The van der Waals surface area contributed by atoms with Gasteiger partial charge in [0.05, 0.1) is 5.56 Å². The van der Waals surface area contributed by atoms with E-state index in [0.717, 1.165) is 11.6 Å². The van der Waals surface area contributed by atoms with Crippen LogP contribution >= 0.6 is 0 Å². The van der Waals surface area contributed by atoms with Crippen molar-refractivity contribution in [2.24, 2.45) is 0 Å². The van der Waals surface area contributed by atoms with Crippen molar-refractivity contribution >= 4 is 23.7 Å². The number of hydrogen-bond donors (Lipinski definition) is 5. The quantitative estimate of drug-likeness (QED) is 0.131. The number of benzene rings is 4. The van der Waals surface area contributed by atoms with Crippen LogP contribution in [0, 0.1) is 0 Å². The highest BCUT2D eigenvalue weighted by Gasteiger charge is 2.09. The Hall–Kier alpha value is -5.30. The normalized spacial score (nSPS) is 10.7. The van der Waals surface area contributed by atoms with Crippen LogP contribution in [0.25, 0.3) is 12.2 Å². The van der Waals surface area contributed by atoms with E-state index in [9.17, 15) is 19.8 Å². The number of phenolic OH excluding ortho intramolecular Hbond substituents is 5. The fourth-order valence-electron chi connectivity index (χ4n) is 3.09. The number of rotatable bonds is 6. The van der Waals surface area contributed by atoms with Gasteiger partial charge >= 0.3 is 0 Å². The molecule has 186 valence electrons. The van der Waals surface area contributed by atoms with Gasteiger partial charge in [0.25, 0.3) is 0 Å². The van der Waals surface area contributed by atoms with Crippen molar-refractivity contribution in [3.63, 3.8) is 0 Å². The number of carbonyl (C=O) groups excluding carboxylic acids is 2. The van der Waals surface area contributed by atoms with Gasteiger partial charge in [-0.05, 0) is 71.8 Å². The number of hydrogen-bond acceptors (Lipinski definition) is 7. The van der Waals surface area contributed by atoms with Crippen LogP contribution in [0.2, 0.25) is 0 Å². The van der Waals surface area contributed by atoms with E-state index in [1.807, 2.05) is 30.3 Å². The summed E-state index contributed by atoms with van der Waals surface area (Å²) in [6, 6.07) is 23.7. The van der Waals surface area contributed by atoms with Gasteiger partial charge in [-0.15, -0.1) is 0 Å². The number of aromatic hydroxyl groups is 5. The molecule has 0 bridgehead atoms. The van der Waals surface area contributed by atoms with Gasteiger partial charge in [-0.25, -0.2) is 0 Å². The third-order valence-electron chi connectivity index (χ3n) is 5.05. The lowest BCUT2D eigenvalue weighted by atomic mass is 10.1. The zero-order valence-electron chi connectivity index (χ0n) is 19.5. The van der Waals surface area contributed by atoms with Crippen LogP contribution in [0.5, 0.6) is 28.7 Å². The van der Waals surface area contributed by atoms with Gasteiger partial charge in [0.15, 0.2) is 23.1 Å². The van der Waals surface area contributed by atoms with Crippen LogP contribution < -0.4 is 0 Å². The summed E-state index contributed by atoms with van der Waals surface area (Å²) in [5.41, 5.74) is 2.13. The first-order valence-corrected chi connectivity index (χ1v) is 11.1. The van der Waals surface area contributed by atoms with Crippen molar-refractivity contribution in [3.05, 3.63) is 125 Å². The number of carbonyl (C=O) groups is 2. The summed E-state index contributed by atoms with van der Waals surface area (Å²) >= 11 is 0. The van der Waals surface area contributed by atoms with Gasteiger partial charge in [0.1, 0.15) is 17.2 Å². The topological polar surface area (TPSA) is 135 Å². The average Bonchev–Trinajstić information content (AvgIpc) is 2.89. The van der Waals surface area contributed by atoms with Crippen molar-refractivity contribution < 1.29 is 35.1 Å². The highest BCUT2D eigenvalue weighted by Crippen LogP contribution is 2.26. The summed E-state index contributed by atoms with van der Waals surface area (Å²) in [6.45, 7) is 0. The molecule has 0 saturated carbocycles. The molecule has 0 amide bonds. The molecule has 5 N–H and O–H groups in total. The molecule has 4 aromatic rings. The van der Waals surface area contributed by atoms with E-state index in [1.54, 1.807) is 18.2 Å². The van der Waals surface area contributed by atoms with E-state index in [0.29, 0.717) is 11.1 Å². The molecule has 0 aliphatic rings. The molecule has 4 rings (SSSR count). The molecule has 0 heterocycles. The highest BCUT2D eigenvalue weighted by molar-refractivity contribution is 6.08. The lowest BCUT2D eigenvalue weighted by Crippen LogP contribution is -1.94. The maximum atomic E-state index is 11.9. The Morgan fingerprint density at radius 1 is 0.514 bits per heavy atom. The molecule has 0 aliphatic heterocycles. The SMILES string of the molecule is O=C(/C=C/c1ccc(O)c(O)c1)c1ccc(O)cc1O.O=C(/C=C/c1ccccc1)c1ccc(O)cc1. The number of allylic oxidation sites excluding steroid dienone is 2. The monoisotopic (exact) mass is 496 g/mol. The van der Waals surface area contributed by atoms with E-state index < -0.39 is 5.78 Å². The average molecular weight is 497 g/mol.